The molecule has 3 aromatic carbocycles. The Bertz CT molecular complexity index is 1330. The SMILES string of the molecule is CC(=O)SCP1(c2ccccc2)=NP(CSC(C)=O)(c2ccccc2)=NP(CSC(C)=O)(c2ccccc2)=N1. The third-order valence-electron chi connectivity index (χ3n) is 5.74. The Balaban J connectivity index is 2.20. The van der Waals surface area contributed by atoms with E-state index in [1.807, 2.05) is 91.0 Å². The highest BCUT2D eigenvalue weighted by Crippen LogP contribution is 2.78. The zero-order valence-electron chi connectivity index (χ0n) is 21.9. The highest BCUT2D eigenvalue weighted by atomic mass is 32.2. The van der Waals surface area contributed by atoms with Gasteiger partial charge in [-0.15, -0.1) is 0 Å². The number of carbonyl (C=O) groups is 3. The molecule has 3 aromatic rings. The molecule has 0 atom stereocenters. The fourth-order valence-corrected chi connectivity index (χ4v) is 25.9. The third kappa shape index (κ3) is 7.38. The van der Waals surface area contributed by atoms with Crippen LogP contribution in [-0.2, 0) is 14.4 Å². The van der Waals surface area contributed by atoms with Gasteiger partial charge in [0.05, 0.1) is 16.5 Å². The van der Waals surface area contributed by atoms with Crippen molar-refractivity contribution in [3.8, 4) is 0 Å². The van der Waals surface area contributed by atoms with E-state index in [0.717, 1.165) is 15.9 Å². The summed E-state index contributed by atoms with van der Waals surface area (Å²) >= 11 is 3.72. The lowest BCUT2D eigenvalue weighted by molar-refractivity contribution is -0.109. The van der Waals surface area contributed by atoms with Gasteiger partial charge in [0, 0.05) is 36.7 Å². The van der Waals surface area contributed by atoms with E-state index < -0.39 is 21.6 Å². The first-order valence-electron chi connectivity index (χ1n) is 12.1. The van der Waals surface area contributed by atoms with E-state index in [9.17, 15) is 14.4 Å². The van der Waals surface area contributed by atoms with Crippen molar-refractivity contribution in [2.24, 2.45) is 13.5 Å². The first-order valence-corrected chi connectivity index (χ1v) is 20.7. The minimum Gasteiger partial charge on any atom is -0.288 e. The van der Waals surface area contributed by atoms with Gasteiger partial charge < -0.3 is 0 Å². The molecule has 0 bridgehead atoms. The summed E-state index contributed by atoms with van der Waals surface area (Å²) in [6.07, 6.45) is 0. The second kappa shape index (κ2) is 13.4. The predicted octanol–water partition coefficient (Wildman–Crippen LogP) is 8.04. The molecule has 0 N–H and O–H groups in total. The largest absolute Gasteiger partial charge is 0.288 e. The Hall–Kier alpha value is -1.59. The van der Waals surface area contributed by atoms with E-state index >= 15 is 0 Å². The van der Waals surface area contributed by atoms with Crippen LogP contribution in [0.2, 0.25) is 0 Å². The average molecular weight is 634 g/mol. The smallest absolute Gasteiger partial charge is 0.186 e. The van der Waals surface area contributed by atoms with E-state index in [0.29, 0.717) is 16.5 Å². The second-order valence-electron chi connectivity index (χ2n) is 8.76. The molecule has 0 radical (unpaired) electrons. The van der Waals surface area contributed by atoms with E-state index in [2.05, 4.69) is 0 Å². The van der Waals surface area contributed by atoms with E-state index in [-0.39, 0.29) is 15.3 Å². The summed E-state index contributed by atoms with van der Waals surface area (Å²) < 4.78 is 17.0. The zero-order chi connectivity index (χ0) is 27.9. The molecule has 0 saturated carbocycles. The molecule has 0 aromatic heterocycles. The number of thioether (sulfide) groups is 3. The Morgan fingerprint density at radius 1 is 0.487 bits per heavy atom. The zero-order valence-corrected chi connectivity index (χ0v) is 27.0. The number of benzene rings is 3. The minimum absolute atomic E-state index is 0.00160. The van der Waals surface area contributed by atoms with Gasteiger partial charge in [0.15, 0.2) is 15.3 Å². The van der Waals surface area contributed by atoms with Gasteiger partial charge in [-0.2, -0.15) is 0 Å². The van der Waals surface area contributed by atoms with E-state index in [1.54, 1.807) is 20.8 Å². The summed E-state index contributed by atoms with van der Waals surface area (Å²) in [5.74, 6) is 0. The molecule has 12 heteroatoms. The van der Waals surface area contributed by atoms with Crippen molar-refractivity contribution >= 4 is 88.2 Å². The van der Waals surface area contributed by atoms with Crippen LogP contribution < -0.4 is 15.9 Å². The first kappa shape index (κ1) is 30.4. The van der Waals surface area contributed by atoms with Gasteiger partial charge in [-0.1, -0.05) is 126 Å². The van der Waals surface area contributed by atoms with Crippen LogP contribution in [0.15, 0.2) is 105 Å². The number of nitrogens with zero attached hydrogens (tertiary/aromatic N) is 3. The van der Waals surface area contributed by atoms with Crippen LogP contribution in [0, 0.1) is 0 Å². The summed E-state index contributed by atoms with van der Waals surface area (Å²) in [6.45, 7) is 4.70. The van der Waals surface area contributed by atoms with Gasteiger partial charge >= 0.3 is 0 Å². The lowest BCUT2D eigenvalue weighted by atomic mass is 10.4. The summed E-state index contributed by atoms with van der Waals surface area (Å²) in [7, 11) is -8.23. The Morgan fingerprint density at radius 2 is 0.718 bits per heavy atom. The molecule has 0 amide bonds. The van der Waals surface area contributed by atoms with Crippen LogP contribution in [0.1, 0.15) is 20.8 Å². The van der Waals surface area contributed by atoms with Crippen molar-refractivity contribution in [1.29, 1.82) is 0 Å². The summed E-state index contributed by atoms with van der Waals surface area (Å²) in [4.78, 5) is 37.0. The van der Waals surface area contributed by atoms with Crippen LogP contribution in [0.4, 0.5) is 0 Å². The highest BCUT2D eigenvalue weighted by molar-refractivity contribution is 8.22. The Morgan fingerprint density at radius 3 is 0.923 bits per heavy atom. The van der Waals surface area contributed by atoms with Crippen LogP contribution in [0.25, 0.3) is 0 Å². The molecule has 6 nitrogen and oxygen atoms in total. The third-order valence-corrected chi connectivity index (χ3v) is 23.3. The van der Waals surface area contributed by atoms with Crippen molar-refractivity contribution in [2.45, 2.75) is 20.8 Å². The average Bonchev–Trinajstić information content (AvgIpc) is 2.95. The van der Waals surface area contributed by atoms with Gasteiger partial charge in [-0.05, 0) is 0 Å². The molecule has 0 unspecified atom stereocenters. The molecule has 0 fully saturated rings. The number of carbonyl (C=O) groups excluding carboxylic acids is 3. The molecule has 204 valence electrons. The monoisotopic (exact) mass is 633 g/mol. The lowest BCUT2D eigenvalue weighted by Gasteiger charge is -2.37. The molecule has 0 spiro atoms. The normalized spacial score (nSPS) is 24.1. The van der Waals surface area contributed by atoms with Crippen LogP contribution >= 0.6 is 56.9 Å². The molecular weight excluding hydrogens is 603 g/mol. The molecule has 1 heterocycles. The maximum Gasteiger partial charge on any atom is 0.186 e. The molecular formula is C27H30N3O3P3S3. The number of hydrogen-bond acceptors (Lipinski definition) is 9. The van der Waals surface area contributed by atoms with Crippen LogP contribution in [0.3, 0.4) is 0 Å². The fraction of sp³-hybridized carbons (Fsp3) is 0.222. The quantitative estimate of drug-likeness (QED) is 0.222. The molecule has 39 heavy (non-hydrogen) atoms. The summed E-state index contributed by atoms with van der Waals surface area (Å²) in [5.41, 5.74) is 1.25. The molecule has 1 aliphatic heterocycles. The van der Waals surface area contributed by atoms with E-state index in [4.69, 9.17) is 13.5 Å². The van der Waals surface area contributed by atoms with Crippen molar-refractivity contribution < 1.29 is 14.4 Å². The number of rotatable bonds is 9. The topological polar surface area (TPSA) is 88.3 Å². The molecule has 1 aliphatic rings. The Labute approximate surface area is 243 Å². The first-order chi connectivity index (χ1) is 18.7. The minimum atomic E-state index is -2.74. The van der Waals surface area contributed by atoms with Crippen molar-refractivity contribution in [2.75, 3.05) is 16.5 Å². The predicted molar refractivity (Wildman–Crippen MR) is 176 cm³/mol. The van der Waals surface area contributed by atoms with Gasteiger partial charge in [0.25, 0.3) is 0 Å². The van der Waals surface area contributed by atoms with Crippen molar-refractivity contribution in [1.82, 2.24) is 0 Å². The standard InChI is InChI=1S/C27H30N3O3P3S3/c1-22(31)37-19-34(25-13-7-4-8-14-25)28-35(20-38-23(2)32,26-15-9-5-10-16-26)30-36(29-34,21-39-24(3)33)27-17-11-6-12-18-27/h4-18H,19-21H2,1-3H3. The number of hydrogen-bond donors (Lipinski definition) is 0. The fourth-order valence-electron chi connectivity index (χ4n) is 4.02. The lowest BCUT2D eigenvalue weighted by Crippen LogP contribution is -2.16. The second-order valence-corrected chi connectivity index (χ2v) is 22.5. The van der Waals surface area contributed by atoms with Crippen molar-refractivity contribution in [3.63, 3.8) is 0 Å². The highest BCUT2D eigenvalue weighted by Gasteiger charge is 2.40. The van der Waals surface area contributed by atoms with Gasteiger partial charge in [-0.3, -0.25) is 14.4 Å². The van der Waals surface area contributed by atoms with Crippen LogP contribution in [0.5, 0.6) is 0 Å². The van der Waals surface area contributed by atoms with E-state index in [1.165, 1.54) is 35.3 Å². The molecule has 0 aliphatic carbocycles. The van der Waals surface area contributed by atoms with Gasteiger partial charge in [0.2, 0.25) is 0 Å². The Kier molecular flexibility index (Phi) is 10.4. The maximum absolute atomic E-state index is 12.3. The summed E-state index contributed by atoms with van der Waals surface area (Å²) in [5, 5.41) is 2.95. The summed E-state index contributed by atoms with van der Waals surface area (Å²) in [6, 6.07) is 30.0. The van der Waals surface area contributed by atoms with Crippen molar-refractivity contribution in [3.05, 3.63) is 91.0 Å². The van der Waals surface area contributed by atoms with Gasteiger partial charge in [-0.25, -0.2) is 13.5 Å². The van der Waals surface area contributed by atoms with Gasteiger partial charge in [0.1, 0.15) is 21.6 Å². The molecule has 0 saturated heterocycles. The maximum atomic E-state index is 12.3. The molecule has 4 rings (SSSR count). The van der Waals surface area contributed by atoms with Crippen LogP contribution in [-0.4, -0.2) is 31.8 Å².